The molecule has 10 atom stereocenters. The molecule has 2 fully saturated rings. The Morgan fingerprint density at radius 2 is 0.750 bits per heavy atom. The Morgan fingerprint density at radius 1 is 0.523 bits per heavy atom. The summed E-state index contributed by atoms with van der Waals surface area (Å²) in [6.45, 7) is 11.7. The number of hydrogen-bond donors (Lipinski definition) is 2. The summed E-state index contributed by atoms with van der Waals surface area (Å²) in [7, 11) is 12.2. The predicted molar refractivity (Wildman–Crippen MR) is 168 cm³/mol. The van der Waals surface area contributed by atoms with E-state index in [9.17, 15) is 10.2 Å². The van der Waals surface area contributed by atoms with E-state index in [0.717, 1.165) is 12.8 Å². The minimum atomic E-state index is -0.881. The molecule has 0 spiro atoms. The fourth-order valence-electron chi connectivity index (χ4n) is 3.89. The summed E-state index contributed by atoms with van der Waals surface area (Å²) < 4.78 is 52.2. The Balaban J connectivity index is -0.0000000744. The molecule has 2 aliphatic rings. The summed E-state index contributed by atoms with van der Waals surface area (Å²) in [5, 5.41) is 19.8. The summed E-state index contributed by atoms with van der Waals surface area (Å²) >= 11 is 0. The van der Waals surface area contributed by atoms with Gasteiger partial charge in [-0.05, 0) is 0 Å². The molecular weight excluding hydrogens is 730 g/mol. The number of hydrogen-bond acceptors (Lipinski definition) is 12. The van der Waals surface area contributed by atoms with Gasteiger partial charge < -0.3 is 78.9 Å². The van der Waals surface area contributed by atoms with Gasteiger partial charge in [0, 0.05) is 122 Å². The van der Waals surface area contributed by atoms with Crippen molar-refractivity contribution in [2.24, 2.45) is 0 Å². The molecule has 2 heterocycles. The molecule has 2 aliphatic heterocycles. The van der Waals surface area contributed by atoms with Crippen LogP contribution in [0, 0.1) is 21.3 Å². The summed E-state index contributed by atoms with van der Waals surface area (Å²) in [5.41, 5.74) is 0. The molecule has 2 N–H and O–H groups in total. The number of aliphatic hydroxyl groups is 2. The fraction of sp³-hybridized carbons (Fsp3) is 0.900. The largest absolute Gasteiger partial charge is 0.385 e. The maximum atomic E-state index is 9.92. The van der Waals surface area contributed by atoms with E-state index in [4.69, 9.17) is 47.4 Å². The Kier molecular flexibility index (Phi) is 59.7. The summed E-state index contributed by atoms with van der Waals surface area (Å²) in [5.74, 6) is 0. The van der Waals surface area contributed by atoms with Crippen molar-refractivity contribution < 1.29 is 123 Å². The monoisotopic (exact) mass is 799 g/mol. The average molecular weight is 800 g/mol. The van der Waals surface area contributed by atoms with Crippen molar-refractivity contribution >= 4 is 0 Å². The smallest absolute Gasteiger partial charge is 0.186 e. The zero-order valence-corrected chi connectivity index (χ0v) is 32.8. The van der Waals surface area contributed by atoms with Crippen LogP contribution in [0.4, 0.5) is 0 Å². The number of aliphatic hydroxyl groups excluding tert-OH is 2. The summed E-state index contributed by atoms with van der Waals surface area (Å²) in [4.78, 5) is 0. The molecule has 14 heteroatoms. The van der Waals surface area contributed by atoms with Gasteiger partial charge in [0.1, 0.15) is 48.8 Å². The molecule has 0 saturated carbocycles. The van der Waals surface area contributed by atoms with E-state index in [1.807, 2.05) is 13.8 Å². The van der Waals surface area contributed by atoms with Gasteiger partial charge in [0.05, 0.1) is 13.2 Å². The molecule has 0 amide bonds. The molecule has 0 aliphatic carbocycles. The van der Waals surface area contributed by atoms with Crippen molar-refractivity contribution in [3.05, 3.63) is 21.3 Å². The first kappa shape index (κ1) is 64.3. The maximum Gasteiger partial charge on any atom is 0.186 e. The van der Waals surface area contributed by atoms with Crippen LogP contribution in [-0.2, 0) is 113 Å². The fourth-order valence-corrected chi connectivity index (χ4v) is 3.89. The van der Waals surface area contributed by atoms with Crippen LogP contribution in [0.25, 0.3) is 0 Å². The molecule has 0 aromatic rings. The van der Waals surface area contributed by atoms with Gasteiger partial charge in [0.15, 0.2) is 12.6 Å². The normalized spacial score (nSPS) is 29.9. The summed E-state index contributed by atoms with van der Waals surface area (Å²) in [6, 6.07) is 0. The van der Waals surface area contributed by atoms with Crippen LogP contribution in [0.1, 0.15) is 49.0 Å². The second kappa shape index (κ2) is 40.9. The molecule has 0 aromatic carbocycles. The van der Waals surface area contributed by atoms with Gasteiger partial charge in [-0.3, -0.25) is 0 Å². The zero-order chi connectivity index (χ0) is 29.7. The standard InChI is InChI=1S/2C10H20O6.2C3H7.3CH4.CH3.2Y/c2*1-12-5-6-8(13-2)9(14-3)7(11)10(15-4)16-6;2*1-3-2;;;;;;/h2*6-11H,5H2,1-4H3;2*1,3H2,2H3;3*1H4;1H3;;/q;;2*-1;;;;-1;;. The van der Waals surface area contributed by atoms with Crippen LogP contribution in [0.5, 0.6) is 0 Å². The van der Waals surface area contributed by atoms with Crippen molar-refractivity contribution in [2.45, 2.75) is 110 Å². The van der Waals surface area contributed by atoms with Gasteiger partial charge in [0.25, 0.3) is 0 Å². The van der Waals surface area contributed by atoms with Crippen LogP contribution < -0.4 is 0 Å². The van der Waals surface area contributed by atoms with Crippen molar-refractivity contribution in [3.63, 3.8) is 0 Å². The first-order valence-electron chi connectivity index (χ1n) is 12.6. The molecule has 12 nitrogen and oxygen atoms in total. The van der Waals surface area contributed by atoms with Gasteiger partial charge in [-0.1, -0.05) is 36.1 Å². The third kappa shape index (κ3) is 22.4. The Morgan fingerprint density at radius 3 is 0.909 bits per heavy atom. The topological polar surface area (TPSA) is 133 Å². The van der Waals surface area contributed by atoms with Crippen molar-refractivity contribution in [3.8, 4) is 0 Å². The second-order valence-electron chi connectivity index (χ2n) is 8.25. The van der Waals surface area contributed by atoms with Crippen LogP contribution in [0.3, 0.4) is 0 Å². The molecule has 2 rings (SSSR count). The molecule has 2 saturated heterocycles. The molecule has 0 bridgehead atoms. The van der Waals surface area contributed by atoms with Gasteiger partial charge in [-0.25, -0.2) is 0 Å². The van der Waals surface area contributed by atoms with Crippen LogP contribution in [0.15, 0.2) is 0 Å². The van der Waals surface area contributed by atoms with Crippen molar-refractivity contribution in [1.82, 2.24) is 0 Å². The molecule has 270 valence electrons. The van der Waals surface area contributed by atoms with E-state index < -0.39 is 37.0 Å². The van der Waals surface area contributed by atoms with E-state index >= 15 is 0 Å². The molecule has 0 aromatic heterocycles. The Hall–Kier alpha value is 1.73. The minimum Gasteiger partial charge on any atom is -0.385 e. The van der Waals surface area contributed by atoms with Crippen LogP contribution in [0.2, 0.25) is 0 Å². The molecule has 44 heavy (non-hydrogen) atoms. The third-order valence-electron chi connectivity index (χ3n) is 5.44. The third-order valence-corrected chi connectivity index (χ3v) is 5.44. The van der Waals surface area contributed by atoms with E-state index in [1.54, 1.807) is 28.4 Å². The van der Waals surface area contributed by atoms with E-state index in [-0.39, 0.29) is 120 Å². The minimum absolute atomic E-state index is 0. The maximum absolute atomic E-state index is 9.92. The molecular formula is C30H69O12Y2-3. The summed E-state index contributed by atoms with van der Waals surface area (Å²) in [6.07, 6.45) is -3.62. The Labute approximate surface area is 322 Å². The quantitative estimate of drug-likeness (QED) is 0.313. The molecule has 2 radical (unpaired) electrons. The van der Waals surface area contributed by atoms with Crippen molar-refractivity contribution in [1.29, 1.82) is 0 Å². The zero-order valence-electron chi connectivity index (χ0n) is 27.1. The van der Waals surface area contributed by atoms with Gasteiger partial charge in [0.2, 0.25) is 0 Å². The van der Waals surface area contributed by atoms with E-state index in [2.05, 4.69) is 13.8 Å². The first-order chi connectivity index (χ1) is 18.2. The Bertz CT molecular complexity index is 476. The van der Waals surface area contributed by atoms with Gasteiger partial charge in [-0.2, -0.15) is 12.8 Å². The van der Waals surface area contributed by atoms with E-state index in [1.165, 1.54) is 28.4 Å². The number of rotatable bonds is 10. The molecule has 10 unspecified atom stereocenters. The van der Waals surface area contributed by atoms with Crippen molar-refractivity contribution in [2.75, 3.05) is 70.1 Å². The number of methoxy groups -OCH3 is 8. The predicted octanol–water partition coefficient (Wildman–Crippen LogP) is 3.60. The second-order valence-corrected chi connectivity index (χ2v) is 8.25. The van der Waals surface area contributed by atoms with Crippen LogP contribution in [-0.4, -0.2) is 142 Å². The average Bonchev–Trinajstić information content (AvgIpc) is 2.91. The number of ether oxygens (including phenoxy) is 10. The van der Waals surface area contributed by atoms with E-state index in [0.29, 0.717) is 13.2 Å². The van der Waals surface area contributed by atoms with Crippen LogP contribution >= 0.6 is 0 Å². The van der Waals surface area contributed by atoms with Gasteiger partial charge >= 0.3 is 0 Å². The van der Waals surface area contributed by atoms with Gasteiger partial charge in [-0.15, -0.1) is 0 Å². The first-order valence-corrected chi connectivity index (χ1v) is 12.6. The SMILES string of the molecule is C.C.C.COCC1OC(OC)C(O)C(OC)C1OC.COCC1OC(OC)C(O)C(OC)C1OC.[CH2-]CC.[CH2-]CC.[CH3-].[Y].[Y].